The summed E-state index contributed by atoms with van der Waals surface area (Å²) in [5.74, 6) is -0.377. The number of nitrogens with zero attached hydrogens (tertiary/aromatic N) is 4. The molecule has 0 aliphatic carbocycles. The minimum Gasteiger partial charge on any atom is -0.454 e. The molecule has 7 heteroatoms. The van der Waals surface area contributed by atoms with Gasteiger partial charge >= 0.3 is 5.97 Å². The van der Waals surface area contributed by atoms with Crippen LogP contribution in [0.2, 0.25) is 0 Å². The quantitative estimate of drug-likeness (QED) is 0.768. The van der Waals surface area contributed by atoms with Gasteiger partial charge in [-0.25, -0.2) is 9.78 Å². The molecule has 1 aliphatic heterocycles. The van der Waals surface area contributed by atoms with Crippen LogP contribution in [0.25, 0.3) is 0 Å². The van der Waals surface area contributed by atoms with Gasteiger partial charge in [0.1, 0.15) is 17.3 Å². The Morgan fingerprint density at radius 2 is 2.33 bits per heavy atom. The number of hydrogen-bond donors (Lipinski definition) is 0. The number of ether oxygens (including phenoxy) is 1. The fourth-order valence-electron chi connectivity index (χ4n) is 1.67. The topological polar surface area (TPSA) is 68.2 Å². The summed E-state index contributed by atoms with van der Waals surface area (Å²) in [6.07, 6.45) is 1.48. The van der Waals surface area contributed by atoms with Crippen molar-refractivity contribution in [2.75, 3.05) is 18.0 Å². The number of esters is 1. The van der Waals surface area contributed by atoms with E-state index in [2.05, 4.69) is 15.2 Å². The SMILES string of the molecule is O=C(OC1CN(c2nncs2)C1)c1ccccn1. The Balaban J connectivity index is 1.53. The summed E-state index contributed by atoms with van der Waals surface area (Å²) in [6, 6.07) is 5.17. The molecule has 1 fully saturated rings. The van der Waals surface area contributed by atoms with Crippen molar-refractivity contribution in [1.29, 1.82) is 0 Å². The first-order valence-corrected chi connectivity index (χ1v) is 6.34. The second-order valence-electron chi connectivity index (χ2n) is 3.87. The number of hydrogen-bond acceptors (Lipinski definition) is 7. The molecule has 92 valence electrons. The third-order valence-electron chi connectivity index (χ3n) is 2.61. The van der Waals surface area contributed by atoms with E-state index >= 15 is 0 Å². The van der Waals surface area contributed by atoms with E-state index in [9.17, 15) is 4.79 Å². The highest BCUT2D eigenvalue weighted by Crippen LogP contribution is 2.23. The molecule has 0 unspecified atom stereocenters. The van der Waals surface area contributed by atoms with Gasteiger partial charge in [-0.1, -0.05) is 17.4 Å². The third-order valence-corrected chi connectivity index (χ3v) is 3.37. The Hall–Kier alpha value is -2.02. The molecule has 2 aromatic rings. The molecule has 0 amide bonds. The van der Waals surface area contributed by atoms with Crippen molar-refractivity contribution in [3.05, 3.63) is 35.6 Å². The Morgan fingerprint density at radius 1 is 1.44 bits per heavy atom. The van der Waals surface area contributed by atoms with Crippen molar-refractivity contribution >= 4 is 22.4 Å². The van der Waals surface area contributed by atoms with Crippen LogP contribution in [0.4, 0.5) is 5.13 Å². The summed E-state index contributed by atoms with van der Waals surface area (Å²) in [5, 5.41) is 8.58. The predicted octanol–water partition coefficient (Wildman–Crippen LogP) is 0.979. The molecule has 0 atom stereocenters. The maximum absolute atomic E-state index is 11.7. The third kappa shape index (κ3) is 2.17. The fourth-order valence-corrected chi connectivity index (χ4v) is 2.25. The highest BCUT2D eigenvalue weighted by atomic mass is 32.1. The lowest BCUT2D eigenvalue weighted by Gasteiger charge is -2.37. The summed E-state index contributed by atoms with van der Waals surface area (Å²) in [5.41, 5.74) is 2.02. The van der Waals surface area contributed by atoms with Gasteiger partial charge < -0.3 is 9.64 Å². The van der Waals surface area contributed by atoms with Gasteiger partial charge in [-0.3, -0.25) is 0 Å². The van der Waals surface area contributed by atoms with Crippen LogP contribution in [0.3, 0.4) is 0 Å². The van der Waals surface area contributed by atoms with Gasteiger partial charge in [-0.15, -0.1) is 10.2 Å². The molecule has 18 heavy (non-hydrogen) atoms. The van der Waals surface area contributed by atoms with E-state index in [1.807, 2.05) is 4.90 Å². The maximum Gasteiger partial charge on any atom is 0.357 e. The van der Waals surface area contributed by atoms with Crippen molar-refractivity contribution in [3.8, 4) is 0 Å². The number of carbonyl (C=O) groups excluding carboxylic acids is 1. The molecule has 0 bridgehead atoms. The normalized spacial score (nSPS) is 15.2. The number of carbonyl (C=O) groups is 1. The van der Waals surface area contributed by atoms with Crippen LogP contribution in [-0.4, -0.2) is 40.3 Å². The van der Waals surface area contributed by atoms with Gasteiger partial charge in [0.05, 0.1) is 13.1 Å². The minimum atomic E-state index is -0.377. The number of aromatic nitrogens is 3. The molecule has 0 saturated carbocycles. The van der Waals surface area contributed by atoms with E-state index in [0.717, 1.165) is 5.13 Å². The van der Waals surface area contributed by atoms with E-state index in [1.165, 1.54) is 11.3 Å². The summed E-state index contributed by atoms with van der Waals surface area (Å²) in [6.45, 7) is 1.32. The second kappa shape index (κ2) is 4.69. The van der Waals surface area contributed by atoms with Gasteiger partial charge in [-0.2, -0.15) is 0 Å². The highest BCUT2D eigenvalue weighted by Gasteiger charge is 2.32. The zero-order valence-corrected chi connectivity index (χ0v) is 10.2. The summed E-state index contributed by atoms with van der Waals surface area (Å²) in [7, 11) is 0. The van der Waals surface area contributed by atoms with Crippen molar-refractivity contribution in [3.63, 3.8) is 0 Å². The monoisotopic (exact) mass is 262 g/mol. The molecular formula is C11H10N4O2S. The van der Waals surface area contributed by atoms with Gasteiger partial charge in [-0.05, 0) is 12.1 Å². The van der Waals surface area contributed by atoms with E-state index in [1.54, 1.807) is 29.9 Å². The Bertz CT molecular complexity index is 525. The lowest BCUT2D eigenvalue weighted by Crippen LogP contribution is -2.53. The van der Waals surface area contributed by atoms with Crippen LogP contribution < -0.4 is 4.90 Å². The first-order valence-electron chi connectivity index (χ1n) is 5.46. The summed E-state index contributed by atoms with van der Waals surface area (Å²) in [4.78, 5) is 17.7. The van der Waals surface area contributed by atoms with Crippen LogP contribution in [0.15, 0.2) is 29.9 Å². The average Bonchev–Trinajstić information content (AvgIpc) is 2.87. The summed E-state index contributed by atoms with van der Waals surface area (Å²) < 4.78 is 5.31. The standard InChI is InChI=1S/C11H10N4O2S/c16-10(9-3-1-2-4-12-9)17-8-5-15(6-8)11-14-13-7-18-11/h1-4,7-8H,5-6H2. The van der Waals surface area contributed by atoms with Gasteiger partial charge in [0, 0.05) is 6.20 Å². The Labute approximate surface area is 107 Å². The second-order valence-corrected chi connectivity index (χ2v) is 4.68. The molecule has 1 aliphatic rings. The predicted molar refractivity (Wildman–Crippen MR) is 65.6 cm³/mol. The Morgan fingerprint density at radius 3 is 3.00 bits per heavy atom. The molecule has 0 N–H and O–H groups in total. The van der Waals surface area contributed by atoms with E-state index in [0.29, 0.717) is 18.8 Å². The molecule has 6 nitrogen and oxygen atoms in total. The zero-order valence-electron chi connectivity index (χ0n) is 9.39. The van der Waals surface area contributed by atoms with Gasteiger partial charge in [0.2, 0.25) is 5.13 Å². The first kappa shape index (κ1) is 11.1. The highest BCUT2D eigenvalue weighted by molar-refractivity contribution is 7.13. The van der Waals surface area contributed by atoms with Crippen molar-refractivity contribution in [2.24, 2.45) is 0 Å². The van der Waals surface area contributed by atoms with E-state index in [-0.39, 0.29) is 12.1 Å². The van der Waals surface area contributed by atoms with Crippen molar-refractivity contribution in [1.82, 2.24) is 15.2 Å². The first-order chi connectivity index (χ1) is 8.83. The zero-order chi connectivity index (χ0) is 12.4. The van der Waals surface area contributed by atoms with Gasteiger partial charge in [0.25, 0.3) is 0 Å². The molecule has 3 heterocycles. The molecule has 3 rings (SSSR count). The molecule has 0 spiro atoms. The molecule has 2 aromatic heterocycles. The van der Waals surface area contributed by atoms with Crippen LogP contribution in [0, 0.1) is 0 Å². The minimum absolute atomic E-state index is 0.0941. The average molecular weight is 262 g/mol. The lowest BCUT2D eigenvalue weighted by atomic mass is 10.2. The fraction of sp³-hybridized carbons (Fsp3) is 0.273. The van der Waals surface area contributed by atoms with Gasteiger partial charge in [0.15, 0.2) is 0 Å². The molecular weight excluding hydrogens is 252 g/mol. The number of rotatable bonds is 3. The van der Waals surface area contributed by atoms with Crippen LogP contribution in [0.5, 0.6) is 0 Å². The van der Waals surface area contributed by atoms with Crippen LogP contribution >= 0.6 is 11.3 Å². The summed E-state index contributed by atoms with van der Waals surface area (Å²) >= 11 is 1.48. The van der Waals surface area contributed by atoms with E-state index < -0.39 is 0 Å². The van der Waals surface area contributed by atoms with Crippen molar-refractivity contribution < 1.29 is 9.53 Å². The molecule has 0 radical (unpaired) electrons. The smallest absolute Gasteiger partial charge is 0.357 e. The number of pyridine rings is 1. The molecule has 0 aromatic carbocycles. The lowest BCUT2D eigenvalue weighted by molar-refractivity contribution is 0.0227. The van der Waals surface area contributed by atoms with Crippen LogP contribution in [0.1, 0.15) is 10.5 Å². The van der Waals surface area contributed by atoms with Crippen molar-refractivity contribution in [2.45, 2.75) is 6.10 Å². The Kier molecular flexibility index (Phi) is 2.89. The van der Waals surface area contributed by atoms with Crippen LogP contribution in [-0.2, 0) is 4.74 Å². The largest absolute Gasteiger partial charge is 0.454 e. The molecule has 1 saturated heterocycles. The maximum atomic E-state index is 11.7. The number of anilines is 1. The van der Waals surface area contributed by atoms with E-state index in [4.69, 9.17) is 4.74 Å².